The molecule has 0 aliphatic carbocycles. The summed E-state index contributed by atoms with van der Waals surface area (Å²) in [5, 5.41) is 0. The molecule has 0 fully saturated rings. The number of fused-ring (bicyclic) bond motifs is 1. The summed E-state index contributed by atoms with van der Waals surface area (Å²) in [5.74, 6) is 0. The second kappa shape index (κ2) is 5.80. The largest absolute Gasteiger partial charge is 0.416 e. The second-order valence-electron chi connectivity index (χ2n) is 4.99. The van der Waals surface area contributed by atoms with Gasteiger partial charge in [-0.3, -0.25) is 9.78 Å². The average molecular weight is 333 g/mol. The Morgan fingerprint density at radius 3 is 2.29 bits per heavy atom. The third-order valence-corrected chi connectivity index (χ3v) is 3.29. The third kappa shape index (κ3) is 3.27. The topological polar surface area (TPSA) is 78.6 Å². The highest BCUT2D eigenvalue weighted by Crippen LogP contribution is 2.29. The molecule has 0 aliphatic heterocycles. The van der Waals surface area contributed by atoms with Gasteiger partial charge in [0.05, 0.1) is 16.8 Å². The molecule has 2 heterocycles. The summed E-state index contributed by atoms with van der Waals surface area (Å²) in [6, 6.07) is 7.77. The first kappa shape index (κ1) is 15.7. The van der Waals surface area contributed by atoms with Gasteiger partial charge < -0.3 is 4.98 Å². The normalized spacial score (nSPS) is 12.1. The van der Waals surface area contributed by atoms with Gasteiger partial charge in [-0.2, -0.15) is 13.2 Å². The first-order valence-corrected chi connectivity index (χ1v) is 6.82. The average Bonchev–Trinajstić information content (AvgIpc) is 2.52. The summed E-state index contributed by atoms with van der Waals surface area (Å²) in [6.07, 6.45) is -1.24. The zero-order valence-electron chi connectivity index (χ0n) is 12.0. The molecule has 2 N–H and O–H groups in total. The Morgan fingerprint density at radius 1 is 0.917 bits per heavy atom. The number of aromatic amines is 2. The van der Waals surface area contributed by atoms with Crippen LogP contribution in [0, 0.1) is 0 Å². The maximum Gasteiger partial charge on any atom is 0.416 e. The van der Waals surface area contributed by atoms with Crippen LogP contribution >= 0.6 is 0 Å². The monoisotopic (exact) mass is 333 g/mol. The predicted octanol–water partition coefficient (Wildman–Crippen LogP) is 2.80. The van der Waals surface area contributed by atoms with E-state index in [4.69, 9.17) is 0 Å². The molecule has 3 aromatic rings. The second-order valence-corrected chi connectivity index (χ2v) is 4.99. The minimum absolute atomic E-state index is 0.0733. The van der Waals surface area contributed by atoms with Gasteiger partial charge in [-0.25, -0.2) is 9.78 Å². The number of alkyl halides is 3. The van der Waals surface area contributed by atoms with Crippen LogP contribution in [0.25, 0.3) is 23.2 Å². The maximum absolute atomic E-state index is 12.5. The fourth-order valence-electron chi connectivity index (χ4n) is 2.12. The van der Waals surface area contributed by atoms with Gasteiger partial charge in [-0.1, -0.05) is 18.2 Å². The Morgan fingerprint density at radius 2 is 1.62 bits per heavy atom. The number of benzene rings is 1. The van der Waals surface area contributed by atoms with Crippen LogP contribution in [0.15, 0.2) is 46.0 Å². The number of nitrogens with one attached hydrogen (secondary N) is 2. The van der Waals surface area contributed by atoms with Gasteiger partial charge in [0.25, 0.3) is 5.56 Å². The van der Waals surface area contributed by atoms with E-state index in [9.17, 15) is 22.8 Å². The third-order valence-electron chi connectivity index (χ3n) is 3.29. The summed E-state index contributed by atoms with van der Waals surface area (Å²) in [7, 11) is 0. The molecule has 0 spiro atoms. The van der Waals surface area contributed by atoms with Gasteiger partial charge in [0.1, 0.15) is 0 Å². The number of aromatic nitrogens is 3. The quantitative estimate of drug-likeness (QED) is 0.757. The predicted molar refractivity (Wildman–Crippen MR) is 83.4 cm³/mol. The highest BCUT2D eigenvalue weighted by Gasteiger charge is 2.29. The molecule has 122 valence electrons. The number of H-pyrrole nitrogens is 2. The van der Waals surface area contributed by atoms with Gasteiger partial charge in [-0.05, 0) is 35.9 Å². The van der Waals surface area contributed by atoms with Gasteiger partial charge in [0.2, 0.25) is 0 Å². The van der Waals surface area contributed by atoms with Crippen molar-refractivity contribution in [1.29, 1.82) is 0 Å². The Kier molecular flexibility index (Phi) is 3.80. The lowest BCUT2D eigenvalue weighted by atomic mass is 10.1. The van der Waals surface area contributed by atoms with Gasteiger partial charge in [0.15, 0.2) is 5.52 Å². The minimum Gasteiger partial charge on any atom is -0.305 e. The molecule has 5 nitrogen and oxygen atoms in total. The van der Waals surface area contributed by atoms with Crippen molar-refractivity contribution in [2.75, 3.05) is 0 Å². The van der Waals surface area contributed by atoms with Crippen LogP contribution in [0.4, 0.5) is 13.2 Å². The molecule has 0 amide bonds. The number of halogens is 3. The summed E-state index contributed by atoms with van der Waals surface area (Å²) < 4.78 is 37.5. The van der Waals surface area contributed by atoms with Crippen molar-refractivity contribution in [3.8, 4) is 0 Å². The number of nitrogens with zero attached hydrogens (tertiary/aromatic N) is 1. The smallest absolute Gasteiger partial charge is 0.305 e. The molecule has 8 heteroatoms. The lowest BCUT2D eigenvalue weighted by molar-refractivity contribution is -0.137. The van der Waals surface area contributed by atoms with Crippen LogP contribution in [0.5, 0.6) is 0 Å². The Hall–Kier alpha value is -3.16. The van der Waals surface area contributed by atoms with Crippen molar-refractivity contribution in [3.63, 3.8) is 0 Å². The highest BCUT2D eigenvalue weighted by atomic mass is 19.4. The van der Waals surface area contributed by atoms with Crippen molar-refractivity contribution >= 4 is 23.2 Å². The van der Waals surface area contributed by atoms with E-state index in [1.165, 1.54) is 18.2 Å². The lowest BCUT2D eigenvalue weighted by Crippen LogP contribution is -2.22. The van der Waals surface area contributed by atoms with Gasteiger partial charge in [-0.15, -0.1) is 0 Å². The van der Waals surface area contributed by atoms with Crippen molar-refractivity contribution in [2.24, 2.45) is 0 Å². The molecule has 3 rings (SSSR count). The molecular weight excluding hydrogens is 323 g/mol. The highest BCUT2D eigenvalue weighted by molar-refractivity contribution is 5.76. The summed E-state index contributed by atoms with van der Waals surface area (Å²) in [6.45, 7) is 0. The SMILES string of the molecule is O=c1[nH]c(=O)c2nc(/C=C/c3ccc(C(F)(F)F)cc3)ccc2[nH]1. The first-order valence-electron chi connectivity index (χ1n) is 6.82. The fourth-order valence-corrected chi connectivity index (χ4v) is 2.12. The van der Waals surface area contributed by atoms with E-state index < -0.39 is 23.0 Å². The minimum atomic E-state index is -4.37. The Bertz CT molecular complexity index is 1030. The van der Waals surface area contributed by atoms with E-state index in [2.05, 4.69) is 15.0 Å². The summed E-state index contributed by atoms with van der Waals surface area (Å²) in [5.41, 5.74) is -0.598. The maximum atomic E-state index is 12.5. The molecule has 0 atom stereocenters. The van der Waals surface area contributed by atoms with E-state index in [-0.39, 0.29) is 5.52 Å². The number of hydrogen-bond donors (Lipinski definition) is 2. The molecular formula is C16H10F3N3O2. The molecule has 1 aromatic carbocycles. The van der Waals surface area contributed by atoms with Crippen LogP contribution in [0.1, 0.15) is 16.8 Å². The van der Waals surface area contributed by atoms with Crippen molar-refractivity contribution in [3.05, 3.63) is 74.1 Å². The van der Waals surface area contributed by atoms with E-state index in [0.717, 1.165) is 12.1 Å². The summed E-state index contributed by atoms with van der Waals surface area (Å²) in [4.78, 5) is 31.5. The van der Waals surface area contributed by atoms with Crippen LogP contribution in [-0.2, 0) is 6.18 Å². The molecule has 0 saturated heterocycles. The van der Waals surface area contributed by atoms with Gasteiger partial charge >= 0.3 is 11.9 Å². The van der Waals surface area contributed by atoms with Crippen LogP contribution in [0.3, 0.4) is 0 Å². The molecule has 24 heavy (non-hydrogen) atoms. The number of pyridine rings is 1. The Labute approximate surface area is 132 Å². The van der Waals surface area contributed by atoms with E-state index >= 15 is 0 Å². The van der Waals surface area contributed by atoms with Crippen LogP contribution < -0.4 is 11.2 Å². The zero-order valence-corrected chi connectivity index (χ0v) is 12.0. The van der Waals surface area contributed by atoms with Crippen molar-refractivity contribution in [1.82, 2.24) is 15.0 Å². The molecule has 0 saturated carbocycles. The van der Waals surface area contributed by atoms with E-state index in [0.29, 0.717) is 16.8 Å². The number of rotatable bonds is 2. The van der Waals surface area contributed by atoms with Gasteiger partial charge in [0, 0.05) is 0 Å². The van der Waals surface area contributed by atoms with Crippen molar-refractivity contribution < 1.29 is 13.2 Å². The molecule has 0 aliphatic rings. The first-order chi connectivity index (χ1) is 11.3. The molecule has 0 radical (unpaired) electrons. The zero-order chi connectivity index (χ0) is 17.3. The summed E-state index contributed by atoms with van der Waals surface area (Å²) >= 11 is 0. The lowest BCUT2D eigenvalue weighted by Gasteiger charge is -2.05. The molecule has 0 bridgehead atoms. The van der Waals surface area contributed by atoms with E-state index in [1.54, 1.807) is 18.2 Å². The number of hydrogen-bond acceptors (Lipinski definition) is 3. The fraction of sp³-hybridized carbons (Fsp3) is 0.0625. The van der Waals surface area contributed by atoms with Crippen molar-refractivity contribution in [2.45, 2.75) is 6.18 Å². The van der Waals surface area contributed by atoms with Crippen LogP contribution in [0.2, 0.25) is 0 Å². The Balaban J connectivity index is 1.90. The van der Waals surface area contributed by atoms with Crippen LogP contribution in [-0.4, -0.2) is 15.0 Å². The standard InChI is InChI=1S/C16H10F3N3O2/c17-16(18,19)10-4-1-9(2-5-10)3-6-11-7-8-12-13(20-11)14(23)22-15(24)21-12/h1-8H,(H2,21,22,23,24)/b6-3+. The van der Waals surface area contributed by atoms with E-state index in [1.807, 2.05) is 0 Å². The molecule has 0 unspecified atom stereocenters. The molecule has 2 aromatic heterocycles.